The highest BCUT2D eigenvalue weighted by molar-refractivity contribution is 5.50. The Labute approximate surface area is 73.5 Å². The number of hydrogen-bond donors (Lipinski definition) is 1. The van der Waals surface area contributed by atoms with Crippen LogP contribution >= 0.6 is 0 Å². The maximum Gasteiger partial charge on any atom is 0.198 e. The van der Waals surface area contributed by atoms with Gasteiger partial charge in [0.05, 0.1) is 13.2 Å². The van der Waals surface area contributed by atoms with Gasteiger partial charge in [-0.2, -0.15) is 0 Å². The third kappa shape index (κ3) is 3.83. The van der Waals surface area contributed by atoms with E-state index in [2.05, 4.69) is 5.32 Å². The third-order valence-corrected chi connectivity index (χ3v) is 2.08. The summed E-state index contributed by atoms with van der Waals surface area (Å²) in [6.45, 7) is 2.62. The summed E-state index contributed by atoms with van der Waals surface area (Å²) in [6, 6.07) is 0.505. The van der Waals surface area contributed by atoms with Gasteiger partial charge in [-0.05, 0) is 12.8 Å². The summed E-state index contributed by atoms with van der Waals surface area (Å²) in [4.78, 5) is 9.89. The van der Waals surface area contributed by atoms with Crippen LogP contribution in [-0.4, -0.2) is 32.1 Å². The molecule has 1 aliphatic heterocycles. The maximum absolute atomic E-state index is 9.89. The van der Waals surface area contributed by atoms with Gasteiger partial charge in [-0.3, -0.25) is 4.79 Å². The molecule has 1 heterocycles. The largest absolute Gasteiger partial charge is 0.379 e. The van der Waals surface area contributed by atoms with Crippen molar-refractivity contribution in [2.75, 3.05) is 19.8 Å². The van der Waals surface area contributed by atoms with Crippen molar-refractivity contribution < 1.29 is 9.53 Å². The number of hydrogen-bond acceptors (Lipinski definition) is 3. The van der Waals surface area contributed by atoms with E-state index < -0.39 is 0 Å². The minimum atomic E-state index is 0.505. The SMILES string of the molecule is O=[C]CCCCC1COCCN1. The average molecular weight is 170 g/mol. The molecule has 0 aromatic rings. The van der Waals surface area contributed by atoms with Crippen molar-refractivity contribution in [1.29, 1.82) is 0 Å². The molecule has 0 aromatic carbocycles. The lowest BCUT2D eigenvalue weighted by Gasteiger charge is -2.23. The monoisotopic (exact) mass is 170 g/mol. The molecule has 1 unspecified atom stereocenters. The first-order valence-corrected chi connectivity index (χ1v) is 4.59. The Bertz CT molecular complexity index is 122. The lowest BCUT2D eigenvalue weighted by Crippen LogP contribution is -2.41. The Morgan fingerprint density at radius 2 is 2.42 bits per heavy atom. The molecule has 12 heavy (non-hydrogen) atoms. The lowest BCUT2D eigenvalue weighted by atomic mass is 10.1. The van der Waals surface area contributed by atoms with Crippen LogP contribution in [0.1, 0.15) is 25.7 Å². The Kier molecular flexibility index (Phi) is 4.95. The fourth-order valence-electron chi connectivity index (χ4n) is 1.39. The quantitative estimate of drug-likeness (QED) is 0.615. The molecule has 3 heteroatoms. The summed E-state index contributed by atoms with van der Waals surface area (Å²) in [7, 11) is 0. The molecule has 3 nitrogen and oxygen atoms in total. The Morgan fingerprint density at radius 3 is 3.08 bits per heavy atom. The van der Waals surface area contributed by atoms with Crippen molar-refractivity contribution in [2.45, 2.75) is 31.7 Å². The van der Waals surface area contributed by atoms with Crippen LogP contribution in [0.25, 0.3) is 0 Å². The van der Waals surface area contributed by atoms with Crippen LogP contribution in [0.4, 0.5) is 0 Å². The molecule has 0 amide bonds. The van der Waals surface area contributed by atoms with Crippen molar-refractivity contribution in [3.63, 3.8) is 0 Å². The second-order valence-electron chi connectivity index (χ2n) is 3.12. The van der Waals surface area contributed by atoms with Crippen LogP contribution < -0.4 is 5.32 Å². The maximum atomic E-state index is 9.89. The summed E-state index contributed by atoms with van der Waals surface area (Å²) in [5.41, 5.74) is 0. The fourth-order valence-corrected chi connectivity index (χ4v) is 1.39. The molecule has 1 fully saturated rings. The Balaban J connectivity index is 1.94. The van der Waals surface area contributed by atoms with Crippen molar-refractivity contribution in [3.05, 3.63) is 0 Å². The van der Waals surface area contributed by atoms with Gasteiger partial charge in [0.1, 0.15) is 0 Å². The fraction of sp³-hybridized carbons (Fsp3) is 0.889. The number of carbonyl (C=O) groups excluding carboxylic acids is 1. The standard InChI is InChI=1S/C9H16NO2/c11-6-3-1-2-4-9-8-12-7-5-10-9/h9-10H,1-5,7-8H2. The van der Waals surface area contributed by atoms with E-state index in [0.29, 0.717) is 12.5 Å². The molecule has 0 aliphatic carbocycles. The Hall–Kier alpha value is -0.410. The molecule has 0 aromatic heterocycles. The minimum absolute atomic E-state index is 0.505. The first-order valence-electron chi connectivity index (χ1n) is 4.59. The molecule has 0 saturated carbocycles. The van der Waals surface area contributed by atoms with E-state index in [1.54, 1.807) is 0 Å². The molecule has 1 rings (SSSR count). The molecule has 0 spiro atoms. The number of unbranched alkanes of at least 4 members (excludes halogenated alkanes) is 2. The van der Waals surface area contributed by atoms with Gasteiger partial charge in [-0.1, -0.05) is 6.42 Å². The topological polar surface area (TPSA) is 38.3 Å². The van der Waals surface area contributed by atoms with E-state index in [-0.39, 0.29) is 0 Å². The third-order valence-electron chi connectivity index (χ3n) is 2.08. The van der Waals surface area contributed by atoms with Gasteiger partial charge < -0.3 is 10.1 Å². The van der Waals surface area contributed by atoms with Crippen molar-refractivity contribution in [3.8, 4) is 0 Å². The van der Waals surface area contributed by atoms with E-state index in [1.807, 2.05) is 6.29 Å². The summed E-state index contributed by atoms with van der Waals surface area (Å²) < 4.78 is 5.30. The predicted molar refractivity (Wildman–Crippen MR) is 46.8 cm³/mol. The summed E-state index contributed by atoms with van der Waals surface area (Å²) in [5.74, 6) is 0. The lowest BCUT2D eigenvalue weighted by molar-refractivity contribution is 0.0734. The molecular weight excluding hydrogens is 154 g/mol. The normalized spacial score (nSPS) is 23.8. The van der Waals surface area contributed by atoms with Crippen LogP contribution in [0, 0.1) is 0 Å². The summed E-state index contributed by atoms with van der Waals surface area (Å²) in [6.07, 6.45) is 5.65. The van der Waals surface area contributed by atoms with E-state index >= 15 is 0 Å². The molecule has 1 aliphatic rings. The van der Waals surface area contributed by atoms with E-state index in [4.69, 9.17) is 4.74 Å². The highest BCUT2D eigenvalue weighted by Crippen LogP contribution is 2.05. The molecule has 1 atom stereocenters. The van der Waals surface area contributed by atoms with Gasteiger partial charge in [-0.25, -0.2) is 0 Å². The Morgan fingerprint density at radius 1 is 1.50 bits per heavy atom. The highest BCUT2D eigenvalue weighted by Gasteiger charge is 2.11. The van der Waals surface area contributed by atoms with Gasteiger partial charge in [0.25, 0.3) is 0 Å². The first-order chi connectivity index (χ1) is 5.93. The van der Waals surface area contributed by atoms with Gasteiger partial charge in [0.15, 0.2) is 6.29 Å². The molecule has 1 saturated heterocycles. The van der Waals surface area contributed by atoms with Gasteiger partial charge in [-0.15, -0.1) is 0 Å². The van der Waals surface area contributed by atoms with E-state index in [9.17, 15) is 4.79 Å². The van der Waals surface area contributed by atoms with Crippen LogP contribution in [-0.2, 0) is 9.53 Å². The van der Waals surface area contributed by atoms with Crippen molar-refractivity contribution in [2.24, 2.45) is 0 Å². The summed E-state index contributed by atoms with van der Waals surface area (Å²) in [5, 5.41) is 3.37. The molecule has 0 bridgehead atoms. The number of ether oxygens (including phenoxy) is 1. The van der Waals surface area contributed by atoms with Crippen LogP contribution in [0.15, 0.2) is 0 Å². The molecule has 69 valence electrons. The zero-order chi connectivity index (χ0) is 8.65. The first kappa shape index (κ1) is 9.68. The highest BCUT2D eigenvalue weighted by atomic mass is 16.5. The predicted octanol–water partition coefficient (Wildman–Crippen LogP) is 0.645. The number of morpholine rings is 1. The van der Waals surface area contributed by atoms with Crippen LogP contribution in [0.5, 0.6) is 0 Å². The van der Waals surface area contributed by atoms with Gasteiger partial charge in [0.2, 0.25) is 0 Å². The average Bonchev–Trinajstić information content (AvgIpc) is 2.14. The van der Waals surface area contributed by atoms with Crippen LogP contribution in [0.2, 0.25) is 0 Å². The van der Waals surface area contributed by atoms with Crippen molar-refractivity contribution >= 4 is 6.29 Å². The second kappa shape index (κ2) is 6.14. The minimum Gasteiger partial charge on any atom is -0.379 e. The van der Waals surface area contributed by atoms with Gasteiger partial charge >= 0.3 is 0 Å². The molecular formula is C9H16NO2. The summed E-state index contributed by atoms with van der Waals surface area (Å²) >= 11 is 0. The molecule has 1 radical (unpaired) electrons. The number of rotatable bonds is 5. The van der Waals surface area contributed by atoms with E-state index in [0.717, 1.165) is 39.0 Å². The number of nitrogens with one attached hydrogen (secondary N) is 1. The second-order valence-corrected chi connectivity index (χ2v) is 3.12. The van der Waals surface area contributed by atoms with E-state index in [1.165, 1.54) is 0 Å². The zero-order valence-electron chi connectivity index (χ0n) is 7.34. The zero-order valence-corrected chi connectivity index (χ0v) is 7.34. The smallest absolute Gasteiger partial charge is 0.198 e. The van der Waals surface area contributed by atoms with Gasteiger partial charge in [0, 0.05) is 19.0 Å². The molecule has 1 N–H and O–H groups in total. The van der Waals surface area contributed by atoms with Crippen molar-refractivity contribution in [1.82, 2.24) is 5.32 Å². The van der Waals surface area contributed by atoms with Crippen LogP contribution in [0.3, 0.4) is 0 Å².